The molecule has 3 aromatic carbocycles. The molecule has 1 aliphatic rings. The van der Waals surface area contributed by atoms with E-state index in [9.17, 15) is 9.59 Å². The molecule has 0 aromatic heterocycles. The van der Waals surface area contributed by atoms with Crippen molar-refractivity contribution < 1.29 is 9.59 Å². The van der Waals surface area contributed by atoms with Gasteiger partial charge in [0.05, 0.1) is 0 Å². The van der Waals surface area contributed by atoms with Gasteiger partial charge in [-0.3, -0.25) is 14.5 Å². The summed E-state index contributed by atoms with van der Waals surface area (Å²) < 4.78 is 0. The van der Waals surface area contributed by atoms with Crippen LogP contribution in [0.25, 0.3) is 5.70 Å². The van der Waals surface area contributed by atoms with Gasteiger partial charge in [-0.05, 0) is 31.0 Å². The molecular weight excluding hydrogens is 384 g/mol. The zero-order valence-electron chi connectivity index (χ0n) is 17.8. The van der Waals surface area contributed by atoms with Gasteiger partial charge in [0.25, 0.3) is 5.91 Å². The minimum atomic E-state index is -0.664. The largest absolute Gasteiger partial charge is 0.353 e. The molecular formula is C27H26N2O2. The number of hydrogen-bond donors (Lipinski definition) is 1. The summed E-state index contributed by atoms with van der Waals surface area (Å²) in [6, 6.07) is 27.0. The summed E-state index contributed by atoms with van der Waals surface area (Å²) in [6.07, 6.45) is 0. The predicted octanol–water partition coefficient (Wildman–Crippen LogP) is 4.62. The summed E-state index contributed by atoms with van der Waals surface area (Å²) in [4.78, 5) is 27.5. The highest BCUT2D eigenvalue weighted by Crippen LogP contribution is 2.34. The van der Waals surface area contributed by atoms with Gasteiger partial charge < -0.3 is 5.32 Å². The van der Waals surface area contributed by atoms with E-state index in [0.717, 1.165) is 16.7 Å². The molecule has 0 saturated heterocycles. The SMILES string of the molecule is C=C1c2ccccc2C(=O)N1C(C)C(=O)NCC(C)(c1ccccc1)c1ccccc1. The minimum absolute atomic E-state index is 0.183. The van der Waals surface area contributed by atoms with Gasteiger partial charge in [-0.2, -0.15) is 0 Å². The lowest BCUT2D eigenvalue weighted by molar-refractivity contribution is -0.124. The maximum absolute atomic E-state index is 13.1. The number of benzene rings is 3. The Morgan fingerprint density at radius 3 is 1.90 bits per heavy atom. The van der Waals surface area contributed by atoms with Gasteiger partial charge in [0.2, 0.25) is 5.91 Å². The Morgan fingerprint density at radius 1 is 0.903 bits per heavy atom. The number of nitrogens with one attached hydrogen (secondary N) is 1. The molecule has 31 heavy (non-hydrogen) atoms. The van der Waals surface area contributed by atoms with Crippen molar-refractivity contribution in [2.45, 2.75) is 25.3 Å². The average Bonchev–Trinajstić information content (AvgIpc) is 3.08. The van der Waals surface area contributed by atoms with Crippen molar-refractivity contribution in [3.63, 3.8) is 0 Å². The van der Waals surface area contributed by atoms with Crippen LogP contribution in [-0.2, 0) is 10.2 Å². The van der Waals surface area contributed by atoms with E-state index >= 15 is 0 Å². The third-order valence-corrected chi connectivity index (χ3v) is 6.18. The molecule has 156 valence electrons. The quantitative estimate of drug-likeness (QED) is 0.644. The average molecular weight is 411 g/mol. The van der Waals surface area contributed by atoms with Crippen molar-refractivity contribution in [2.24, 2.45) is 0 Å². The van der Waals surface area contributed by atoms with Crippen LogP contribution in [0.5, 0.6) is 0 Å². The first-order chi connectivity index (χ1) is 14.9. The maximum Gasteiger partial charge on any atom is 0.259 e. The van der Waals surface area contributed by atoms with Crippen LogP contribution < -0.4 is 5.32 Å². The summed E-state index contributed by atoms with van der Waals surface area (Å²) in [5.41, 5.74) is 3.76. The summed E-state index contributed by atoms with van der Waals surface area (Å²) in [6.45, 7) is 8.33. The zero-order chi connectivity index (χ0) is 22.0. The third-order valence-electron chi connectivity index (χ3n) is 6.18. The van der Waals surface area contributed by atoms with Crippen LogP contribution in [0.15, 0.2) is 91.5 Å². The standard InChI is InChI=1S/C27H26N2O2/c1-19-23-16-10-11-17-24(23)26(31)29(19)20(2)25(30)28-18-27(3,21-12-6-4-7-13-21)22-14-8-5-9-15-22/h4-17,20H,1,18H2,2-3H3,(H,28,30). The normalized spacial score (nSPS) is 14.3. The second-order valence-electron chi connectivity index (χ2n) is 8.13. The fourth-order valence-electron chi connectivity index (χ4n) is 4.22. The van der Waals surface area contributed by atoms with Gasteiger partial charge >= 0.3 is 0 Å². The number of hydrogen-bond acceptors (Lipinski definition) is 2. The Balaban J connectivity index is 1.55. The Kier molecular flexibility index (Phi) is 5.47. The Labute approximate surface area is 183 Å². The number of carbonyl (C=O) groups excluding carboxylic acids is 2. The molecule has 0 aliphatic carbocycles. The van der Waals surface area contributed by atoms with E-state index in [1.54, 1.807) is 13.0 Å². The first-order valence-electron chi connectivity index (χ1n) is 10.4. The molecule has 0 spiro atoms. The number of rotatable bonds is 6. The molecule has 1 atom stereocenters. The number of nitrogens with zero attached hydrogens (tertiary/aromatic N) is 1. The van der Waals surface area contributed by atoms with Crippen molar-refractivity contribution >= 4 is 17.5 Å². The highest BCUT2D eigenvalue weighted by atomic mass is 16.2. The number of fused-ring (bicyclic) bond motifs is 1. The van der Waals surface area contributed by atoms with Gasteiger partial charge in [-0.25, -0.2) is 0 Å². The second kappa shape index (κ2) is 8.23. The topological polar surface area (TPSA) is 49.4 Å². The molecule has 1 unspecified atom stereocenters. The molecule has 4 nitrogen and oxygen atoms in total. The van der Waals surface area contributed by atoms with E-state index in [2.05, 4.69) is 43.1 Å². The second-order valence-corrected chi connectivity index (χ2v) is 8.13. The van der Waals surface area contributed by atoms with Crippen molar-refractivity contribution in [1.82, 2.24) is 10.2 Å². The van der Waals surface area contributed by atoms with Crippen molar-refractivity contribution in [3.05, 3.63) is 114 Å². The van der Waals surface area contributed by atoms with E-state index < -0.39 is 11.5 Å². The summed E-state index contributed by atoms with van der Waals surface area (Å²) in [5.74, 6) is -0.391. The molecule has 0 fully saturated rings. The van der Waals surface area contributed by atoms with Crippen LogP contribution >= 0.6 is 0 Å². The maximum atomic E-state index is 13.1. The van der Waals surface area contributed by atoms with Crippen LogP contribution in [0.2, 0.25) is 0 Å². The van der Waals surface area contributed by atoms with E-state index in [-0.39, 0.29) is 11.8 Å². The fourth-order valence-corrected chi connectivity index (χ4v) is 4.22. The van der Waals surface area contributed by atoms with Gasteiger partial charge in [0, 0.05) is 28.8 Å². The van der Waals surface area contributed by atoms with Gasteiger partial charge in [-0.1, -0.05) is 85.4 Å². The highest BCUT2D eigenvalue weighted by molar-refractivity contribution is 6.10. The van der Waals surface area contributed by atoms with E-state index in [1.807, 2.05) is 54.6 Å². The lowest BCUT2D eigenvalue weighted by atomic mass is 9.76. The molecule has 3 aromatic rings. The van der Waals surface area contributed by atoms with E-state index in [4.69, 9.17) is 0 Å². The molecule has 4 rings (SSSR count). The lowest BCUT2D eigenvalue weighted by Crippen LogP contribution is -2.48. The van der Waals surface area contributed by atoms with Gasteiger partial charge in [-0.15, -0.1) is 0 Å². The van der Waals surface area contributed by atoms with Gasteiger partial charge in [0.15, 0.2) is 0 Å². The fraction of sp³-hybridized carbons (Fsp3) is 0.185. The predicted molar refractivity (Wildman–Crippen MR) is 123 cm³/mol. The van der Waals surface area contributed by atoms with Crippen LogP contribution in [-0.4, -0.2) is 29.3 Å². The van der Waals surface area contributed by atoms with Gasteiger partial charge in [0.1, 0.15) is 6.04 Å². The smallest absolute Gasteiger partial charge is 0.259 e. The van der Waals surface area contributed by atoms with Crippen LogP contribution in [0.4, 0.5) is 0 Å². The monoisotopic (exact) mass is 410 g/mol. The van der Waals surface area contributed by atoms with Crippen molar-refractivity contribution in [3.8, 4) is 0 Å². The van der Waals surface area contributed by atoms with E-state index in [1.165, 1.54) is 4.90 Å². The molecule has 0 saturated carbocycles. The van der Waals surface area contributed by atoms with Crippen LogP contribution in [0, 0.1) is 0 Å². The molecule has 1 aliphatic heterocycles. The summed E-state index contributed by atoms with van der Waals surface area (Å²) in [5, 5.41) is 3.09. The number of amides is 2. The molecule has 1 N–H and O–H groups in total. The molecule has 0 radical (unpaired) electrons. The summed E-state index contributed by atoms with van der Waals surface area (Å²) >= 11 is 0. The Morgan fingerprint density at radius 2 is 1.39 bits per heavy atom. The van der Waals surface area contributed by atoms with Crippen molar-refractivity contribution in [2.75, 3.05) is 6.54 Å². The highest BCUT2D eigenvalue weighted by Gasteiger charge is 2.37. The Bertz CT molecular complexity index is 1050. The lowest BCUT2D eigenvalue weighted by Gasteiger charge is -2.33. The Hall–Kier alpha value is -3.66. The first-order valence-corrected chi connectivity index (χ1v) is 10.4. The molecule has 4 heteroatoms. The summed E-state index contributed by atoms with van der Waals surface area (Å²) in [7, 11) is 0. The zero-order valence-corrected chi connectivity index (χ0v) is 17.8. The first kappa shape index (κ1) is 20.6. The minimum Gasteiger partial charge on any atom is -0.353 e. The number of carbonyl (C=O) groups is 2. The molecule has 1 heterocycles. The third kappa shape index (κ3) is 3.66. The van der Waals surface area contributed by atoms with Crippen LogP contribution in [0.3, 0.4) is 0 Å². The molecule has 0 bridgehead atoms. The molecule has 2 amide bonds. The van der Waals surface area contributed by atoms with Crippen molar-refractivity contribution in [1.29, 1.82) is 0 Å². The van der Waals surface area contributed by atoms with Crippen LogP contribution in [0.1, 0.15) is 40.9 Å². The van der Waals surface area contributed by atoms with E-state index in [0.29, 0.717) is 17.8 Å².